The van der Waals surface area contributed by atoms with Crippen molar-refractivity contribution in [2.24, 2.45) is 0 Å². The van der Waals surface area contributed by atoms with E-state index in [-0.39, 0.29) is 17.3 Å². The molecule has 3 aromatic carbocycles. The van der Waals surface area contributed by atoms with Crippen LogP contribution in [0.2, 0.25) is 0 Å². The maximum atomic E-state index is 12.8. The van der Waals surface area contributed by atoms with Crippen LogP contribution < -0.4 is 18.9 Å². The molecule has 0 amide bonds. The van der Waals surface area contributed by atoms with Crippen LogP contribution in [0.1, 0.15) is 26.3 Å². The number of halogens is 1. The van der Waals surface area contributed by atoms with E-state index in [0.29, 0.717) is 38.4 Å². The molecule has 7 heteroatoms. The second-order valence-electron chi connectivity index (χ2n) is 6.57. The van der Waals surface area contributed by atoms with Gasteiger partial charge in [0.25, 0.3) is 0 Å². The quantitative estimate of drug-likeness (QED) is 0.280. The fraction of sp³-hybridized carbons (Fsp3) is 0.0833. The summed E-state index contributed by atoms with van der Waals surface area (Å²) in [5, 5.41) is 0. The summed E-state index contributed by atoms with van der Waals surface area (Å²) in [6, 6.07) is 16.9. The molecular weight excluding hydrogens is 464 g/mol. The highest BCUT2D eigenvalue weighted by Gasteiger charge is 2.28. The van der Waals surface area contributed by atoms with Gasteiger partial charge in [0.2, 0.25) is 5.78 Å². The number of carbonyl (C=O) groups excluding carboxylic acids is 2. The van der Waals surface area contributed by atoms with Gasteiger partial charge in [0.15, 0.2) is 5.76 Å². The Hall–Kier alpha value is -3.58. The Morgan fingerprint density at radius 2 is 1.74 bits per heavy atom. The van der Waals surface area contributed by atoms with Gasteiger partial charge in [0.1, 0.15) is 23.0 Å². The van der Waals surface area contributed by atoms with Crippen LogP contribution in [0.5, 0.6) is 23.0 Å². The maximum Gasteiger partial charge on any atom is 0.344 e. The summed E-state index contributed by atoms with van der Waals surface area (Å²) >= 11 is 3.33. The Morgan fingerprint density at radius 1 is 0.968 bits per heavy atom. The normalized spacial score (nSPS) is 13.5. The van der Waals surface area contributed by atoms with Gasteiger partial charge in [-0.2, -0.15) is 0 Å². The van der Waals surface area contributed by atoms with E-state index in [2.05, 4.69) is 15.9 Å². The lowest BCUT2D eigenvalue weighted by molar-refractivity contribution is 0.0733. The van der Waals surface area contributed by atoms with Crippen LogP contribution in [0.4, 0.5) is 0 Å². The number of hydrogen-bond donors (Lipinski definition) is 0. The minimum absolute atomic E-state index is 0.146. The minimum Gasteiger partial charge on any atom is -0.497 e. The van der Waals surface area contributed by atoms with Gasteiger partial charge in [-0.1, -0.05) is 12.1 Å². The van der Waals surface area contributed by atoms with Crippen LogP contribution in [0.3, 0.4) is 0 Å². The lowest BCUT2D eigenvalue weighted by Gasteiger charge is -2.08. The van der Waals surface area contributed by atoms with Crippen molar-refractivity contribution in [1.82, 2.24) is 0 Å². The number of methoxy groups -OCH3 is 2. The molecule has 0 N–H and O–H groups in total. The van der Waals surface area contributed by atoms with Crippen molar-refractivity contribution in [3.63, 3.8) is 0 Å². The second kappa shape index (κ2) is 8.65. The summed E-state index contributed by atoms with van der Waals surface area (Å²) < 4.78 is 22.4. The van der Waals surface area contributed by atoms with Crippen molar-refractivity contribution in [3.8, 4) is 23.0 Å². The zero-order valence-electron chi connectivity index (χ0n) is 16.7. The van der Waals surface area contributed by atoms with Crippen molar-refractivity contribution < 1.29 is 28.5 Å². The molecule has 156 valence electrons. The molecule has 0 radical (unpaired) electrons. The van der Waals surface area contributed by atoms with Gasteiger partial charge in [-0.15, -0.1) is 0 Å². The average Bonchev–Trinajstić information content (AvgIpc) is 3.08. The van der Waals surface area contributed by atoms with Gasteiger partial charge in [-0.3, -0.25) is 4.79 Å². The van der Waals surface area contributed by atoms with E-state index >= 15 is 0 Å². The first-order chi connectivity index (χ1) is 15.0. The number of carbonyl (C=O) groups is 2. The summed E-state index contributed by atoms with van der Waals surface area (Å²) in [7, 11) is 3.10. The molecule has 6 nitrogen and oxygen atoms in total. The SMILES string of the molecule is COc1ccc(/C=C2\Oc3cc(OC(=O)c4ccccc4Br)ccc3C2=O)c(OC)c1. The van der Waals surface area contributed by atoms with Crippen molar-refractivity contribution in [1.29, 1.82) is 0 Å². The van der Waals surface area contributed by atoms with Crippen LogP contribution in [0.15, 0.2) is 70.9 Å². The number of hydrogen-bond acceptors (Lipinski definition) is 6. The zero-order chi connectivity index (χ0) is 22.0. The molecule has 0 spiro atoms. The molecule has 1 aliphatic heterocycles. The third kappa shape index (κ3) is 4.18. The van der Waals surface area contributed by atoms with Gasteiger partial charge < -0.3 is 18.9 Å². The molecule has 1 heterocycles. The topological polar surface area (TPSA) is 71.1 Å². The van der Waals surface area contributed by atoms with Crippen molar-refractivity contribution in [2.45, 2.75) is 0 Å². The van der Waals surface area contributed by atoms with E-state index < -0.39 is 5.97 Å². The monoisotopic (exact) mass is 480 g/mol. The predicted octanol–water partition coefficient (Wildman–Crippen LogP) is 5.30. The Kier molecular flexibility index (Phi) is 5.77. The third-order valence-corrected chi connectivity index (χ3v) is 5.36. The van der Waals surface area contributed by atoms with Crippen LogP contribution >= 0.6 is 15.9 Å². The number of rotatable bonds is 5. The number of allylic oxidation sites excluding steroid dienone is 1. The molecule has 0 saturated heterocycles. The molecule has 0 unspecified atom stereocenters. The largest absolute Gasteiger partial charge is 0.497 e. The molecule has 0 fully saturated rings. The van der Waals surface area contributed by atoms with E-state index in [0.717, 1.165) is 0 Å². The number of fused-ring (bicyclic) bond motifs is 1. The van der Waals surface area contributed by atoms with Crippen LogP contribution in [0, 0.1) is 0 Å². The first kappa shape index (κ1) is 20.7. The van der Waals surface area contributed by atoms with Crippen molar-refractivity contribution >= 4 is 33.8 Å². The van der Waals surface area contributed by atoms with Crippen LogP contribution in [-0.2, 0) is 0 Å². The molecule has 3 aromatic rings. The fourth-order valence-electron chi connectivity index (χ4n) is 3.10. The second-order valence-corrected chi connectivity index (χ2v) is 7.43. The summed E-state index contributed by atoms with van der Waals surface area (Å²) in [5.41, 5.74) is 1.45. The number of benzene rings is 3. The summed E-state index contributed by atoms with van der Waals surface area (Å²) in [5.74, 6) is 1.14. The molecule has 31 heavy (non-hydrogen) atoms. The van der Waals surface area contributed by atoms with Crippen LogP contribution in [0.25, 0.3) is 6.08 Å². The van der Waals surface area contributed by atoms with Gasteiger partial charge in [-0.05, 0) is 58.4 Å². The molecular formula is C24H17BrO6. The molecule has 0 bridgehead atoms. The van der Waals surface area contributed by atoms with Gasteiger partial charge in [0, 0.05) is 22.2 Å². The maximum absolute atomic E-state index is 12.8. The highest BCUT2D eigenvalue weighted by Crippen LogP contribution is 2.36. The molecule has 1 aliphatic rings. The molecule has 4 rings (SSSR count). The Morgan fingerprint density at radius 3 is 2.48 bits per heavy atom. The smallest absolute Gasteiger partial charge is 0.344 e. The first-order valence-electron chi connectivity index (χ1n) is 9.27. The zero-order valence-corrected chi connectivity index (χ0v) is 18.3. The number of ether oxygens (including phenoxy) is 4. The summed E-state index contributed by atoms with van der Waals surface area (Å²) in [6.45, 7) is 0. The van der Waals surface area contributed by atoms with E-state index in [9.17, 15) is 9.59 Å². The highest BCUT2D eigenvalue weighted by atomic mass is 79.9. The third-order valence-electron chi connectivity index (χ3n) is 4.67. The Balaban J connectivity index is 1.58. The summed E-state index contributed by atoms with van der Waals surface area (Å²) in [4.78, 5) is 25.2. The molecule has 0 aromatic heterocycles. The Labute approximate surface area is 187 Å². The fourth-order valence-corrected chi connectivity index (χ4v) is 3.55. The predicted molar refractivity (Wildman–Crippen MR) is 118 cm³/mol. The molecule has 0 saturated carbocycles. The van der Waals surface area contributed by atoms with Gasteiger partial charge >= 0.3 is 5.97 Å². The van der Waals surface area contributed by atoms with Crippen molar-refractivity contribution in [3.05, 3.63) is 87.6 Å². The van der Waals surface area contributed by atoms with Gasteiger partial charge in [0.05, 0.1) is 25.3 Å². The number of esters is 1. The first-order valence-corrected chi connectivity index (χ1v) is 10.1. The highest BCUT2D eigenvalue weighted by molar-refractivity contribution is 9.10. The lowest BCUT2D eigenvalue weighted by atomic mass is 10.1. The number of Topliss-reactive ketones (excluding diaryl/α,β-unsaturated/α-hetero) is 1. The Bertz CT molecular complexity index is 1210. The van der Waals surface area contributed by atoms with Crippen molar-refractivity contribution in [2.75, 3.05) is 14.2 Å². The van der Waals surface area contributed by atoms with E-state index in [1.54, 1.807) is 67.8 Å². The molecule has 0 aliphatic carbocycles. The lowest BCUT2D eigenvalue weighted by Crippen LogP contribution is -2.09. The summed E-state index contributed by atoms with van der Waals surface area (Å²) in [6.07, 6.45) is 1.60. The van der Waals surface area contributed by atoms with Crippen LogP contribution in [-0.4, -0.2) is 26.0 Å². The van der Waals surface area contributed by atoms with E-state index in [1.165, 1.54) is 13.2 Å². The number of ketones is 1. The van der Waals surface area contributed by atoms with Gasteiger partial charge in [-0.25, -0.2) is 4.79 Å². The van der Waals surface area contributed by atoms with E-state index in [1.807, 2.05) is 0 Å². The standard InChI is InChI=1S/C24H17BrO6/c1-28-15-8-7-14(20(12-15)29-2)11-22-23(26)18-10-9-16(13-21(18)31-22)30-24(27)17-5-3-4-6-19(17)25/h3-13H,1-2H3/b22-11-. The molecule has 0 atom stereocenters. The average molecular weight is 481 g/mol. The minimum atomic E-state index is -0.518. The van der Waals surface area contributed by atoms with E-state index in [4.69, 9.17) is 18.9 Å².